The van der Waals surface area contributed by atoms with Gasteiger partial charge in [-0.05, 0) is 37.5 Å². The molecule has 25 heavy (non-hydrogen) atoms. The molecule has 0 radical (unpaired) electrons. The minimum Gasteiger partial charge on any atom is -0.467 e. The van der Waals surface area contributed by atoms with Crippen LogP contribution in [0.3, 0.4) is 0 Å². The summed E-state index contributed by atoms with van der Waals surface area (Å²) in [7, 11) is 0. The van der Waals surface area contributed by atoms with E-state index < -0.39 is 0 Å². The van der Waals surface area contributed by atoms with E-state index in [2.05, 4.69) is 5.32 Å². The van der Waals surface area contributed by atoms with Gasteiger partial charge in [-0.25, -0.2) is 0 Å². The van der Waals surface area contributed by atoms with Gasteiger partial charge in [0.2, 0.25) is 11.8 Å². The molecule has 2 heterocycles. The molecule has 1 aliphatic rings. The third-order valence-electron chi connectivity index (χ3n) is 4.67. The Balaban J connectivity index is 1.44. The molecule has 0 saturated carbocycles. The first-order valence-corrected chi connectivity index (χ1v) is 8.75. The number of nitrogens with zero attached hydrogens (tertiary/aromatic N) is 1. The molecule has 2 aromatic rings. The van der Waals surface area contributed by atoms with Crippen molar-refractivity contribution in [2.45, 2.75) is 32.7 Å². The van der Waals surface area contributed by atoms with Gasteiger partial charge in [0.25, 0.3) is 0 Å². The van der Waals surface area contributed by atoms with Crippen LogP contribution in [0.15, 0.2) is 47.1 Å². The largest absolute Gasteiger partial charge is 0.467 e. The third kappa shape index (κ3) is 4.72. The molecular weight excluding hydrogens is 316 g/mol. The summed E-state index contributed by atoms with van der Waals surface area (Å²) < 4.78 is 5.22. The van der Waals surface area contributed by atoms with Crippen LogP contribution in [0, 0.1) is 12.8 Å². The normalized spacial score (nSPS) is 15.2. The van der Waals surface area contributed by atoms with E-state index in [9.17, 15) is 9.59 Å². The molecule has 1 fully saturated rings. The van der Waals surface area contributed by atoms with Crippen molar-refractivity contribution in [2.24, 2.45) is 5.92 Å². The van der Waals surface area contributed by atoms with Gasteiger partial charge in [-0.3, -0.25) is 9.59 Å². The molecule has 1 N–H and O–H groups in total. The average Bonchev–Trinajstić information content (AvgIpc) is 3.13. The lowest BCUT2D eigenvalue weighted by molar-refractivity contribution is -0.135. The predicted octanol–water partition coefficient (Wildman–Crippen LogP) is 2.69. The number of piperidine rings is 1. The maximum Gasteiger partial charge on any atom is 0.226 e. The number of benzene rings is 1. The fourth-order valence-corrected chi connectivity index (χ4v) is 3.23. The Kier molecular flexibility index (Phi) is 5.53. The average molecular weight is 340 g/mol. The summed E-state index contributed by atoms with van der Waals surface area (Å²) in [6.07, 6.45) is 3.45. The Morgan fingerprint density at radius 1 is 1.20 bits per heavy atom. The van der Waals surface area contributed by atoms with Crippen molar-refractivity contribution in [1.82, 2.24) is 10.2 Å². The molecule has 0 unspecified atom stereocenters. The number of carbonyl (C=O) groups excluding carboxylic acids is 2. The molecule has 0 atom stereocenters. The molecule has 5 nitrogen and oxygen atoms in total. The summed E-state index contributed by atoms with van der Waals surface area (Å²) in [5.74, 6) is 0.902. The fraction of sp³-hybridized carbons (Fsp3) is 0.400. The van der Waals surface area contributed by atoms with Gasteiger partial charge in [0.05, 0.1) is 19.2 Å². The zero-order chi connectivity index (χ0) is 17.6. The Bertz CT molecular complexity index is 716. The lowest BCUT2D eigenvalue weighted by Crippen LogP contribution is -2.43. The summed E-state index contributed by atoms with van der Waals surface area (Å²) in [4.78, 5) is 26.6. The van der Waals surface area contributed by atoms with Crippen molar-refractivity contribution >= 4 is 11.8 Å². The highest BCUT2D eigenvalue weighted by molar-refractivity contribution is 5.81. The number of carbonyl (C=O) groups is 2. The van der Waals surface area contributed by atoms with E-state index >= 15 is 0 Å². The van der Waals surface area contributed by atoms with Gasteiger partial charge in [-0.1, -0.05) is 29.8 Å². The van der Waals surface area contributed by atoms with Crippen molar-refractivity contribution in [3.05, 3.63) is 59.5 Å². The minimum atomic E-state index is -0.0296. The lowest BCUT2D eigenvalue weighted by Gasteiger charge is -2.31. The quantitative estimate of drug-likeness (QED) is 0.910. The van der Waals surface area contributed by atoms with E-state index in [0.717, 1.165) is 16.9 Å². The van der Waals surface area contributed by atoms with Crippen LogP contribution in [-0.4, -0.2) is 29.8 Å². The molecule has 1 aliphatic heterocycles. The summed E-state index contributed by atoms with van der Waals surface area (Å²) >= 11 is 0. The lowest BCUT2D eigenvalue weighted by atomic mass is 9.95. The maximum absolute atomic E-state index is 12.4. The summed E-state index contributed by atoms with van der Waals surface area (Å²) in [6, 6.07) is 11.7. The topological polar surface area (TPSA) is 62.6 Å². The Hall–Kier alpha value is -2.56. The van der Waals surface area contributed by atoms with Gasteiger partial charge >= 0.3 is 0 Å². The van der Waals surface area contributed by atoms with E-state index in [1.807, 2.05) is 42.2 Å². The molecule has 5 heteroatoms. The highest BCUT2D eigenvalue weighted by Crippen LogP contribution is 2.19. The summed E-state index contributed by atoms with van der Waals surface area (Å²) in [6.45, 7) is 3.73. The van der Waals surface area contributed by atoms with Crippen LogP contribution in [0.25, 0.3) is 0 Å². The van der Waals surface area contributed by atoms with Gasteiger partial charge in [0.1, 0.15) is 5.76 Å². The second-order valence-corrected chi connectivity index (χ2v) is 6.62. The molecule has 1 aromatic carbocycles. The van der Waals surface area contributed by atoms with E-state index in [0.29, 0.717) is 38.9 Å². The minimum absolute atomic E-state index is 0.0296. The number of likely N-dealkylation sites (tertiary alicyclic amines) is 1. The van der Waals surface area contributed by atoms with Gasteiger partial charge < -0.3 is 14.6 Å². The number of furan rings is 1. The smallest absolute Gasteiger partial charge is 0.226 e. The molecule has 1 saturated heterocycles. The van der Waals surface area contributed by atoms with Crippen LogP contribution in [0.4, 0.5) is 0 Å². The first-order chi connectivity index (χ1) is 12.1. The van der Waals surface area contributed by atoms with Crippen molar-refractivity contribution in [3.8, 4) is 0 Å². The second kappa shape index (κ2) is 8.01. The number of hydrogen-bond acceptors (Lipinski definition) is 3. The van der Waals surface area contributed by atoms with Crippen LogP contribution in [0.1, 0.15) is 29.7 Å². The predicted molar refractivity (Wildman–Crippen MR) is 94.7 cm³/mol. The van der Waals surface area contributed by atoms with Crippen LogP contribution in [0.2, 0.25) is 0 Å². The van der Waals surface area contributed by atoms with E-state index in [4.69, 9.17) is 4.42 Å². The fourth-order valence-electron chi connectivity index (χ4n) is 3.23. The zero-order valence-corrected chi connectivity index (χ0v) is 14.5. The number of aryl methyl sites for hydroxylation is 1. The highest BCUT2D eigenvalue weighted by Gasteiger charge is 2.27. The second-order valence-electron chi connectivity index (χ2n) is 6.62. The zero-order valence-electron chi connectivity index (χ0n) is 14.5. The van der Waals surface area contributed by atoms with Crippen molar-refractivity contribution in [3.63, 3.8) is 0 Å². The molecule has 3 rings (SSSR count). The molecule has 132 valence electrons. The standard InChI is InChI=1S/C20H24N2O3/c1-15-4-2-5-16(12-15)13-19(23)22-9-7-17(8-10-22)20(24)21-14-18-6-3-11-25-18/h2-6,11-12,17H,7-10,13-14H2,1H3,(H,21,24). The van der Waals surface area contributed by atoms with Crippen LogP contribution >= 0.6 is 0 Å². The third-order valence-corrected chi connectivity index (χ3v) is 4.67. The first-order valence-electron chi connectivity index (χ1n) is 8.75. The maximum atomic E-state index is 12.4. The molecule has 2 amide bonds. The van der Waals surface area contributed by atoms with Crippen molar-refractivity contribution < 1.29 is 14.0 Å². The Morgan fingerprint density at radius 3 is 2.68 bits per heavy atom. The van der Waals surface area contributed by atoms with E-state index in [1.54, 1.807) is 12.3 Å². The summed E-state index contributed by atoms with van der Waals surface area (Å²) in [5.41, 5.74) is 2.21. The highest BCUT2D eigenvalue weighted by atomic mass is 16.3. The number of amides is 2. The number of nitrogens with one attached hydrogen (secondary N) is 1. The Labute approximate surface area is 148 Å². The molecular formula is C20H24N2O3. The monoisotopic (exact) mass is 340 g/mol. The van der Waals surface area contributed by atoms with Gasteiger partial charge in [0, 0.05) is 19.0 Å². The molecule has 1 aromatic heterocycles. The number of hydrogen-bond donors (Lipinski definition) is 1. The first kappa shape index (κ1) is 17.3. The van der Waals surface area contributed by atoms with Crippen LogP contribution < -0.4 is 5.32 Å². The van der Waals surface area contributed by atoms with Crippen molar-refractivity contribution in [1.29, 1.82) is 0 Å². The molecule has 0 aliphatic carbocycles. The number of rotatable bonds is 5. The summed E-state index contributed by atoms with van der Waals surface area (Å²) in [5, 5.41) is 2.91. The molecule has 0 spiro atoms. The Morgan fingerprint density at radius 2 is 2.00 bits per heavy atom. The van der Waals surface area contributed by atoms with Gasteiger partial charge in [-0.2, -0.15) is 0 Å². The van der Waals surface area contributed by atoms with Crippen LogP contribution in [0.5, 0.6) is 0 Å². The van der Waals surface area contributed by atoms with Gasteiger partial charge in [0.15, 0.2) is 0 Å². The molecule has 0 bridgehead atoms. The van der Waals surface area contributed by atoms with Crippen LogP contribution in [-0.2, 0) is 22.6 Å². The van der Waals surface area contributed by atoms with Gasteiger partial charge in [-0.15, -0.1) is 0 Å². The van der Waals surface area contributed by atoms with E-state index in [1.165, 1.54) is 0 Å². The van der Waals surface area contributed by atoms with Crippen molar-refractivity contribution in [2.75, 3.05) is 13.1 Å². The SMILES string of the molecule is Cc1cccc(CC(=O)N2CCC(C(=O)NCc3ccco3)CC2)c1. The van der Waals surface area contributed by atoms with E-state index in [-0.39, 0.29) is 17.7 Å².